The number of hydrogen-bond donors (Lipinski definition) is 0. The summed E-state index contributed by atoms with van der Waals surface area (Å²) < 4.78 is 12.3. The van der Waals surface area contributed by atoms with Gasteiger partial charge in [-0.15, -0.1) is 0 Å². The molecule has 0 amide bonds. The van der Waals surface area contributed by atoms with Crippen LogP contribution in [0.15, 0.2) is 51.8 Å². The fraction of sp³-hybridized carbons (Fsp3) is 0.217. The molecular formula is C23H22N4O3. The predicted octanol–water partition coefficient (Wildman–Crippen LogP) is 4.34. The number of benzene rings is 2. The van der Waals surface area contributed by atoms with E-state index < -0.39 is 0 Å². The molecule has 0 unspecified atom stereocenters. The van der Waals surface area contributed by atoms with Crippen molar-refractivity contribution in [1.82, 2.24) is 19.7 Å². The lowest BCUT2D eigenvalue weighted by Gasteiger charge is -2.10. The van der Waals surface area contributed by atoms with E-state index in [-0.39, 0.29) is 5.56 Å². The van der Waals surface area contributed by atoms with E-state index in [0.29, 0.717) is 24.0 Å². The topological polar surface area (TPSA) is 83.0 Å². The Hall–Kier alpha value is -3.74. The molecule has 7 nitrogen and oxygen atoms in total. The van der Waals surface area contributed by atoms with Gasteiger partial charge in [-0.2, -0.15) is 4.98 Å². The van der Waals surface area contributed by atoms with E-state index in [9.17, 15) is 4.79 Å². The molecule has 152 valence electrons. The average Bonchev–Trinajstić information content (AvgIpc) is 3.24. The Morgan fingerprint density at radius 2 is 1.90 bits per heavy atom. The average molecular weight is 402 g/mol. The summed E-state index contributed by atoms with van der Waals surface area (Å²) in [6.07, 6.45) is 4.53. The normalized spacial score (nSPS) is 11.4. The van der Waals surface area contributed by atoms with Crippen LogP contribution in [0.1, 0.15) is 30.5 Å². The molecule has 7 heteroatoms. The first-order chi connectivity index (χ1) is 14.6. The first-order valence-corrected chi connectivity index (χ1v) is 9.76. The number of ether oxygens (including phenoxy) is 1. The SMILES string of the molecule is CCCn1c(=O)c(C)nc2cc(-c3noc(C=Cc4ccc(OC)cc4)n3)ccc21. The van der Waals surface area contributed by atoms with Gasteiger partial charge in [0.25, 0.3) is 11.4 Å². The third-order valence-electron chi connectivity index (χ3n) is 4.79. The van der Waals surface area contributed by atoms with Crippen LogP contribution in [-0.2, 0) is 6.54 Å². The molecule has 2 aromatic heterocycles. The van der Waals surface area contributed by atoms with Crippen molar-refractivity contribution in [1.29, 1.82) is 0 Å². The zero-order valence-electron chi connectivity index (χ0n) is 17.1. The molecule has 2 aromatic carbocycles. The number of aryl methyl sites for hydroxylation is 2. The summed E-state index contributed by atoms with van der Waals surface area (Å²) >= 11 is 0. The third-order valence-corrected chi connectivity index (χ3v) is 4.79. The fourth-order valence-corrected chi connectivity index (χ4v) is 3.26. The highest BCUT2D eigenvalue weighted by Crippen LogP contribution is 2.22. The zero-order chi connectivity index (χ0) is 21.1. The second-order valence-electron chi connectivity index (χ2n) is 6.92. The molecule has 0 fully saturated rings. The molecule has 0 spiro atoms. The summed E-state index contributed by atoms with van der Waals surface area (Å²) in [7, 11) is 1.64. The van der Waals surface area contributed by atoms with Gasteiger partial charge >= 0.3 is 0 Å². The lowest BCUT2D eigenvalue weighted by atomic mass is 10.1. The van der Waals surface area contributed by atoms with E-state index >= 15 is 0 Å². The minimum atomic E-state index is -0.0531. The summed E-state index contributed by atoms with van der Waals surface area (Å²) in [6.45, 7) is 4.43. The summed E-state index contributed by atoms with van der Waals surface area (Å²) in [5.74, 6) is 1.68. The van der Waals surface area contributed by atoms with Gasteiger partial charge in [-0.05, 0) is 55.3 Å². The number of methoxy groups -OCH3 is 1. The molecule has 0 radical (unpaired) electrons. The van der Waals surface area contributed by atoms with Crippen LogP contribution in [-0.4, -0.2) is 26.8 Å². The van der Waals surface area contributed by atoms with Gasteiger partial charge in [-0.25, -0.2) is 4.98 Å². The Kier molecular flexibility index (Phi) is 5.43. The Labute approximate surface area is 173 Å². The molecule has 0 bridgehead atoms. The number of fused-ring (bicyclic) bond motifs is 1. The van der Waals surface area contributed by atoms with Crippen molar-refractivity contribution in [3.8, 4) is 17.1 Å². The molecule has 0 saturated carbocycles. The van der Waals surface area contributed by atoms with E-state index in [4.69, 9.17) is 9.26 Å². The largest absolute Gasteiger partial charge is 0.497 e. The standard InChI is InChI=1S/C23H22N4O3/c1-4-13-27-20-11-8-17(14-19(20)24-15(2)23(27)28)22-25-21(30-26-22)12-7-16-5-9-18(29-3)10-6-16/h5-12,14H,4,13H2,1-3H3. The Morgan fingerprint density at radius 3 is 2.63 bits per heavy atom. The first-order valence-electron chi connectivity index (χ1n) is 9.76. The maximum Gasteiger partial charge on any atom is 0.272 e. The van der Waals surface area contributed by atoms with Crippen LogP contribution in [0.2, 0.25) is 0 Å². The molecule has 0 atom stereocenters. The van der Waals surface area contributed by atoms with Gasteiger partial charge in [0.1, 0.15) is 11.4 Å². The van der Waals surface area contributed by atoms with Crippen LogP contribution in [0.3, 0.4) is 0 Å². The second-order valence-corrected chi connectivity index (χ2v) is 6.92. The predicted molar refractivity (Wildman–Crippen MR) is 116 cm³/mol. The Morgan fingerprint density at radius 1 is 1.10 bits per heavy atom. The lowest BCUT2D eigenvalue weighted by Crippen LogP contribution is -2.24. The van der Waals surface area contributed by atoms with Gasteiger partial charge in [-0.3, -0.25) is 4.79 Å². The molecule has 0 aliphatic heterocycles. The van der Waals surface area contributed by atoms with Crippen LogP contribution >= 0.6 is 0 Å². The molecule has 2 heterocycles. The van der Waals surface area contributed by atoms with Crippen LogP contribution < -0.4 is 10.3 Å². The van der Waals surface area contributed by atoms with E-state index in [1.54, 1.807) is 24.7 Å². The van der Waals surface area contributed by atoms with E-state index in [0.717, 1.165) is 34.3 Å². The van der Waals surface area contributed by atoms with Crippen molar-refractivity contribution in [2.75, 3.05) is 7.11 Å². The van der Waals surface area contributed by atoms with Crippen molar-refractivity contribution in [2.45, 2.75) is 26.8 Å². The second kappa shape index (κ2) is 8.32. The number of aromatic nitrogens is 4. The Balaban J connectivity index is 1.63. The zero-order valence-corrected chi connectivity index (χ0v) is 17.1. The van der Waals surface area contributed by atoms with Gasteiger partial charge < -0.3 is 13.8 Å². The van der Waals surface area contributed by atoms with Crippen LogP contribution in [0, 0.1) is 6.92 Å². The van der Waals surface area contributed by atoms with E-state index in [1.165, 1.54) is 0 Å². The van der Waals surface area contributed by atoms with Gasteiger partial charge in [0.2, 0.25) is 5.82 Å². The number of rotatable bonds is 6. The molecular weight excluding hydrogens is 380 g/mol. The van der Waals surface area contributed by atoms with Gasteiger partial charge in [0, 0.05) is 18.2 Å². The van der Waals surface area contributed by atoms with Crippen LogP contribution in [0.25, 0.3) is 34.6 Å². The Bertz CT molecular complexity index is 1270. The van der Waals surface area contributed by atoms with Crippen molar-refractivity contribution in [2.24, 2.45) is 0 Å². The molecule has 0 N–H and O–H groups in total. The molecule has 4 rings (SSSR count). The summed E-state index contributed by atoms with van der Waals surface area (Å²) in [6, 6.07) is 13.3. The van der Waals surface area contributed by atoms with Crippen molar-refractivity contribution >= 4 is 23.2 Å². The van der Waals surface area contributed by atoms with Crippen molar-refractivity contribution in [3.05, 3.63) is 70.0 Å². The van der Waals surface area contributed by atoms with Gasteiger partial charge in [0.15, 0.2) is 0 Å². The molecule has 0 aliphatic rings. The van der Waals surface area contributed by atoms with E-state index in [1.807, 2.05) is 55.5 Å². The molecule has 0 saturated heterocycles. The third kappa shape index (κ3) is 3.87. The summed E-state index contributed by atoms with van der Waals surface area (Å²) in [4.78, 5) is 21.3. The quantitative estimate of drug-likeness (QED) is 0.477. The molecule has 4 aromatic rings. The smallest absolute Gasteiger partial charge is 0.272 e. The van der Waals surface area contributed by atoms with Crippen LogP contribution in [0.4, 0.5) is 0 Å². The highest BCUT2D eigenvalue weighted by Gasteiger charge is 2.12. The maximum atomic E-state index is 12.4. The van der Waals surface area contributed by atoms with Gasteiger partial charge in [-0.1, -0.05) is 24.2 Å². The maximum absolute atomic E-state index is 12.4. The highest BCUT2D eigenvalue weighted by atomic mass is 16.5. The van der Waals surface area contributed by atoms with Crippen molar-refractivity contribution in [3.63, 3.8) is 0 Å². The highest BCUT2D eigenvalue weighted by molar-refractivity contribution is 5.80. The summed E-state index contributed by atoms with van der Waals surface area (Å²) in [5.41, 5.74) is 3.74. The molecule has 30 heavy (non-hydrogen) atoms. The summed E-state index contributed by atoms with van der Waals surface area (Å²) in [5, 5.41) is 4.08. The fourth-order valence-electron chi connectivity index (χ4n) is 3.26. The molecule has 0 aliphatic carbocycles. The lowest BCUT2D eigenvalue weighted by molar-refractivity contribution is 0.411. The van der Waals surface area contributed by atoms with Crippen molar-refractivity contribution < 1.29 is 9.26 Å². The minimum Gasteiger partial charge on any atom is -0.497 e. The number of hydrogen-bond acceptors (Lipinski definition) is 6. The van der Waals surface area contributed by atoms with Crippen LogP contribution in [0.5, 0.6) is 5.75 Å². The van der Waals surface area contributed by atoms with E-state index in [2.05, 4.69) is 15.1 Å². The monoisotopic (exact) mass is 402 g/mol. The minimum absolute atomic E-state index is 0.0531. The number of nitrogens with zero attached hydrogens (tertiary/aromatic N) is 4. The van der Waals surface area contributed by atoms with Gasteiger partial charge in [0.05, 0.1) is 18.1 Å². The first kappa shape index (κ1) is 19.6.